The second-order valence-corrected chi connectivity index (χ2v) is 6.04. The van der Waals surface area contributed by atoms with Crippen LogP contribution >= 0.6 is 0 Å². The monoisotopic (exact) mass is 347 g/mol. The third-order valence-electron chi connectivity index (χ3n) is 4.46. The van der Waals surface area contributed by atoms with E-state index in [1.54, 1.807) is 6.07 Å². The predicted molar refractivity (Wildman–Crippen MR) is 98.7 cm³/mol. The van der Waals surface area contributed by atoms with E-state index in [-0.39, 0.29) is 23.1 Å². The minimum Gasteiger partial charge on any atom is -0.504 e. The van der Waals surface area contributed by atoms with E-state index in [0.29, 0.717) is 12.1 Å². The normalized spacial score (nSPS) is 11.1. The van der Waals surface area contributed by atoms with Crippen LogP contribution in [0.2, 0.25) is 0 Å². The Balaban J connectivity index is 2.02. The van der Waals surface area contributed by atoms with E-state index in [9.17, 15) is 15.3 Å². The van der Waals surface area contributed by atoms with E-state index in [0.717, 1.165) is 21.9 Å². The van der Waals surface area contributed by atoms with E-state index in [2.05, 4.69) is 10.3 Å². The van der Waals surface area contributed by atoms with Crippen LogP contribution in [0.25, 0.3) is 27.7 Å². The first-order valence-corrected chi connectivity index (χ1v) is 8.28. The second-order valence-electron chi connectivity index (χ2n) is 6.04. The van der Waals surface area contributed by atoms with Gasteiger partial charge in [-0.25, -0.2) is 4.68 Å². The number of aromatic nitrogens is 3. The predicted octanol–water partition coefficient (Wildman–Crippen LogP) is 3.77. The van der Waals surface area contributed by atoms with Crippen LogP contribution in [0, 0.1) is 0 Å². The quantitative estimate of drug-likeness (QED) is 0.491. The minimum absolute atomic E-state index is 0.238. The smallest absolute Gasteiger partial charge is 0.259 e. The van der Waals surface area contributed by atoms with Gasteiger partial charge in [0, 0.05) is 5.56 Å². The van der Waals surface area contributed by atoms with Crippen LogP contribution in [0.1, 0.15) is 12.5 Å². The maximum atomic E-state index is 10.4. The van der Waals surface area contributed by atoms with Gasteiger partial charge in [0.2, 0.25) is 0 Å². The van der Waals surface area contributed by atoms with Gasteiger partial charge in [0.1, 0.15) is 11.4 Å². The molecule has 0 unspecified atom stereocenters. The Hall–Kier alpha value is -3.54. The zero-order chi connectivity index (χ0) is 18.3. The molecule has 6 heteroatoms. The highest BCUT2D eigenvalue weighted by molar-refractivity contribution is 5.97. The average Bonchev–Trinajstić information content (AvgIpc) is 3.04. The Bertz CT molecular complexity index is 1110. The first-order chi connectivity index (χ1) is 12.6. The number of aromatic hydroxyl groups is 3. The molecule has 0 spiro atoms. The van der Waals surface area contributed by atoms with Crippen molar-refractivity contribution in [1.82, 2.24) is 15.0 Å². The summed E-state index contributed by atoms with van der Waals surface area (Å²) in [4.78, 5) is 0. The summed E-state index contributed by atoms with van der Waals surface area (Å²) < 4.78 is 1.35. The Morgan fingerprint density at radius 2 is 1.73 bits per heavy atom. The van der Waals surface area contributed by atoms with Crippen LogP contribution in [0.5, 0.6) is 17.4 Å². The van der Waals surface area contributed by atoms with E-state index in [4.69, 9.17) is 0 Å². The van der Waals surface area contributed by atoms with Crippen LogP contribution in [0.15, 0.2) is 54.6 Å². The average molecular weight is 347 g/mol. The molecule has 0 bridgehead atoms. The fourth-order valence-electron chi connectivity index (χ4n) is 3.14. The molecule has 4 rings (SSSR count). The van der Waals surface area contributed by atoms with Crippen LogP contribution in [-0.2, 0) is 6.42 Å². The van der Waals surface area contributed by atoms with E-state index >= 15 is 0 Å². The molecule has 0 saturated carbocycles. The lowest BCUT2D eigenvalue weighted by Crippen LogP contribution is -2.01. The summed E-state index contributed by atoms with van der Waals surface area (Å²) in [6.45, 7) is 1.94. The Morgan fingerprint density at radius 1 is 0.962 bits per heavy atom. The molecule has 0 saturated heterocycles. The first kappa shape index (κ1) is 16.0. The lowest BCUT2D eigenvalue weighted by Gasteiger charge is -2.12. The molecule has 0 fully saturated rings. The highest BCUT2D eigenvalue weighted by atomic mass is 16.3. The van der Waals surface area contributed by atoms with Crippen molar-refractivity contribution in [3.8, 4) is 34.3 Å². The van der Waals surface area contributed by atoms with Crippen molar-refractivity contribution >= 4 is 10.8 Å². The molecule has 0 aliphatic carbocycles. The van der Waals surface area contributed by atoms with Gasteiger partial charge < -0.3 is 15.3 Å². The molecule has 1 heterocycles. The highest BCUT2D eigenvalue weighted by Gasteiger charge is 2.21. The highest BCUT2D eigenvalue weighted by Crippen LogP contribution is 2.39. The fraction of sp³-hybridized carbons (Fsp3) is 0.100. The molecule has 0 radical (unpaired) electrons. The number of fused-ring (bicyclic) bond motifs is 1. The van der Waals surface area contributed by atoms with Crippen LogP contribution < -0.4 is 0 Å². The number of nitrogens with zero attached hydrogens (tertiary/aromatic N) is 3. The zero-order valence-corrected chi connectivity index (χ0v) is 14.1. The van der Waals surface area contributed by atoms with Crippen molar-refractivity contribution in [3.05, 3.63) is 60.2 Å². The van der Waals surface area contributed by atoms with Crippen molar-refractivity contribution in [2.45, 2.75) is 13.3 Å². The molecule has 130 valence electrons. The lowest BCUT2D eigenvalue weighted by molar-refractivity contribution is 0.400. The van der Waals surface area contributed by atoms with E-state index in [1.807, 2.05) is 49.4 Å². The number of phenols is 2. The molecule has 4 aromatic rings. The summed E-state index contributed by atoms with van der Waals surface area (Å²) >= 11 is 0. The molecule has 3 N–H and O–H groups in total. The molecule has 0 aliphatic rings. The Kier molecular flexibility index (Phi) is 3.73. The van der Waals surface area contributed by atoms with Crippen molar-refractivity contribution in [1.29, 1.82) is 0 Å². The summed E-state index contributed by atoms with van der Waals surface area (Å²) in [7, 11) is 0. The van der Waals surface area contributed by atoms with Crippen molar-refractivity contribution in [2.24, 2.45) is 0 Å². The van der Waals surface area contributed by atoms with Crippen LogP contribution in [-0.4, -0.2) is 30.3 Å². The molecule has 0 amide bonds. The second kappa shape index (κ2) is 6.07. The minimum atomic E-state index is -0.311. The standard InChI is InChI=1S/C20H17N3O3/c1-2-12-10-16(19(25)17(24)11-12)23-18(20(26)21-22-23)15-9-5-7-13-6-3-4-8-14(13)15/h3-11,24-26H,2H2,1H3. The number of aryl methyl sites for hydroxylation is 1. The Labute approximate surface area is 149 Å². The third kappa shape index (κ3) is 2.43. The summed E-state index contributed by atoms with van der Waals surface area (Å²) in [5.74, 6) is -0.797. The maximum Gasteiger partial charge on any atom is 0.259 e. The lowest BCUT2D eigenvalue weighted by atomic mass is 10.0. The molecule has 3 aromatic carbocycles. The SMILES string of the molecule is CCc1cc(O)c(O)c(-n2nnc(O)c2-c2cccc3ccccc23)c1. The van der Waals surface area contributed by atoms with Gasteiger partial charge in [-0.05, 0) is 34.9 Å². The molecule has 0 aliphatic heterocycles. The van der Waals surface area contributed by atoms with Gasteiger partial charge in [0.15, 0.2) is 11.5 Å². The molecular weight excluding hydrogens is 330 g/mol. The van der Waals surface area contributed by atoms with Crippen LogP contribution in [0.4, 0.5) is 0 Å². The molecule has 26 heavy (non-hydrogen) atoms. The van der Waals surface area contributed by atoms with Gasteiger partial charge >= 0.3 is 0 Å². The van der Waals surface area contributed by atoms with Gasteiger partial charge in [-0.2, -0.15) is 0 Å². The largest absolute Gasteiger partial charge is 0.504 e. The summed E-state index contributed by atoms with van der Waals surface area (Å²) in [5.41, 5.74) is 2.17. The molecule has 0 atom stereocenters. The molecule has 1 aromatic heterocycles. The van der Waals surface area contributed by atoms with Crippen LogP contribution in [0.3, 0.4) is 0 Å². The van der Waals surface area contributed by atoms with Crippen molar-refractivity contribution < 1.29 is 15.3 Å². The van der Waals surface area contributed by atoms with E-state index < -0.39 is 0 Å². The van der Waals surface area contributed by atoms with Gasteiger partial charge in [-0.15, -0.1) is 0 Å². The maximum absolute atomic E-state index is 10.4. The van der Waals surface area contributed by atoms with Gasteiger partial charge in [-0.3, -0.25) is 0 Å². The van der Waals surface area contributed by atoms with Gasteiger partial charge in [0.05, 0.1) is 0 Å². The first-order valence-electron chi connectivity index (χ1n) is 8.28. The van der Waals surface area contributed by atoms with Gasteiger partial charge in [0.25, 0.3) is 5.88 Å². The van der Waals surface area contributed by atoms with Gasteiger partial charge in [-0.1, -0.05) is 59.7 Å². The van der Waals surface area contributed by atoms with E-state index in [1.165, 1.54) is 10.7 Å². The van der Waals surface area contributed by atoms with Crippen molar-refractivity contribution in [3.63, 3.8) is 0 Å². The Morgan fingerprint density at radius 3 is 2.54 bits per heavy atom. The number of rotatable bonds is 3. The molecular formula is C20H17N3O3. The number of hydrogen-bond donors (Lipinski definition) is 3. The number of hydrogen-bond acceptors (Lipinski definition) is 5. The fourth-order valence-corrected chi connectivity index (χ4v) is 3.14. The summed E-state index contributed by atoms with van der Waals surface area (Å²) in [6.07, 6.45) is 0.672. The zero-order valence-electron chi connectivity index (χ0n) is 14.1. The summed E-state index contributed by atoms with van der Waals surface area (Å²) in [5, 5.41) is 40.4. The van der Waals surface area contributed by atoms with Crippen molar-refractivity contribution in [2.75, 3.05) is 0 Å². The number of phenolic OH excluding ortho intramolecular Hbond substituents is 2. The third-order valence-corrected chi connectivity index (χ3v) is 4.46. The summed E-state index contributed by atoms with van der Waals surface area (Å²) in [6, 6.07) is 16.7. The topological polar surface area (TPSA) is 91.4 Å². The number of benzene rings is 3. The molecule has 6 nitrogen and oxygen atoms in total.